The highest BCUT2D eigenvalue weighted by atomic mass is 15.0. The number of hydrogen-bond acceptors (Lipinski definition) is 4. The number of aryl methyl sites for hydroxylation is 2. The largest absolute Gasteiger partial charge is 0.310 e. The number of rotatable bonds is 5. The molecule has 2 aromatic rings. The van der Waals surface area contributed by atoms with Crippen LogP contribution in [0, 0.1) is 13.8 Å². The Kier molecular flexibility index (Phi) is 3.74. The number of nitrogens with one attached hydrogen (secondary N) is 1. The molecule has 20 heavy (non-hydrogen) atoms. The van der Waals surface area contributed by atoms with Crippen LogP contribution in [-0.2, 0) is 13.0 Å². The maximum absolute atomic E-state index is 4.66. The van der Waals surface area contributed by atoms with Crippen molar-refractivity contribution < 1.29 is 0 Å². The summed E-state index contributed by atoms with van der Waals surface area (Å²) in [4.78, 5) is 13.3. The third-order valence-corrected chi connectivity index (χ3v) is 3.72. The molecule has 0 spiro atoms. The molecule has 2 aromatic heterocycles. The Balaban J connectivity index is 1.76. The summed E-state index contributed by atoms with van der Waals surface area (Å²) in [5.74, 6) is 0.890. The Morgan fingerprint density at radius 3 is 2.35 bits per heavy atom. The van der Waals surface area contributed by atoms with Gasteiger partial charge in [-0.1, -0.05) is 0 Å². The number of hydrogen-bond donors (Lipinski definition) is 1. The molecule has 0 unspecified atom stereocenters. The maximum Gasteiger partial charge on any atom is 0.133 e. The molecule has 1 aliphatic carbocycles. The molecule has 1 aliphatic rings. The molecular weight excluding hydrogens is 248 g/mol. The molecule has 4 heteroatoms. The van der Waals surface area contributed by atoms with Crippen molar-refractivity contribution >= 4 is 0 Å². The SMILES string of the molecule is Cc1nc(Cc2ccncc2)nc(C)c1CNC1CC1. The molecule has 4 nitrogen and oxygen atoms in total. The van der Waals surface area contributed by atoms with E-state index in [-0.39, 0.29) is 0 Å². The Morgan fingerprint density at radius 2 is 1.75 bits per heavy atom. The van der Waals surface area contributed by atoms with E-state index in [1.165, 1.54) is 24.0 Å². The van der Waals surface area contributed by atoms with Crippen molar-refractivity contribution in [3.05, 3.63) is 52.9 Å². The zero-order chi connectivity index (χ0) is 13.9. The van der Waals surface area contributed by atoms with Gasteiger partial charge < -0.3 is 5.32 Å². The lowest BCUT2D eigenvalue weighted by atomic mass is 10.1. The van der Waals surface area contributed by atoms with Crippen LogP contribution in [0.1, 0.15) is 41.2 Å². The van der Waals surface area contributed by atoms with E-state index in [1.807, 2.05) is 24.5 Å². The Labute approximate surface area is 119 Å². The van der Waals surface area contributed by atoms with Crippen LogP contribution in [0.3, 0.4) is 0 Å². The van der Waals surface area contributed by atoms with E-state index in [0.717, 1.165) is 30.2 Å². The minimum absolute atomic E-state index is 0.713. The number of nitrogens with zero attached hydrogens (tertiary/aromatic N) is 3. The van der Waals surface area contributed by atoms with E-state index < -0.39 is 0 Å². The highest BCUT2D eigenvalue weighted by Gasteiger charge is 2.21. The fourth-order valence-electron chi connectivity index (χ4n) is 2.36. The van der Waals surface area contributed by atoms with Crippen molar-refractivity contribution in [2.75, 3.05) is 0 Å². The number of pyridine rings is 1. The van der Waals surface area contributed by atoms with E-state index in [0.29, 0.717) is 6.04 Å². The van der Waals surface area contributed by atoms with Gasteiger partial charge in [0, 0.05) is 48.4 Å². The van der Waals surface area contributed by atoms with Crippen molar-refractivity contribution in [2.24, 2.45) is 0 Å². The third kappa shape index (κ3) is 3.20. The summed E-state index contributed by atoms with van der Waals surface area (Å²) >= 11 is 0. The summed E-state index contributed by atoms with van der Waals surface area (Å²) in [7, 11) is 0. The third-order valence-electron chi connectivity index (χ3n) is 3.72. The quantitative estimate of drug-likeness (QED) is 0.904. The van der Waals surface area contributed by atoms with E-state index in [4.69, 9.17) is 0 Å². The van der Waals surface area contributed by atoms with Crippen LogP contribution < -0.4 is 5.32 Å². The molecule has 104 valence electrons. The van der Waals surface area contributed by atoms with Gasteiger partial charge in [-0.05, 0) is 44.4 Å². The maximum atomic E-state index is 4.66. The fourth-order valence-corrected chi connectivity index (χ4v) is 2.36. The average Bonchev–Trinajstić information content (AvgIpc) is 3.23. The first-order valence-electron chi connectivity index (χ1n) is 7.17. The van der Waals surface area contributed by atoms with Crippen LogP contribution in [0.4, 0.5) is 0 Å². The van der Waals surface area contributed by atoms with Crippen molar-refractivity contribution in [1.82, 2.24) is 20.3 Å². The highest BCUT2D eigenvalue weighted by molar-refractivity contribution is 5.26. The smallest absolute Gasteiger partial charge is 0.133 e. The van der Waals surface area contributed by atoms with Gasteiger partial charge >= 0.3 is 0 Å². The van der Waals surface area contributed by atoms with Crippen molar-refractivity contribution in [2.45, 2.75) is 45.7 Å². The summed E-state index contributed by atoms with van der Waals surface area (Å²) in [6, 6.07) is 4.73. The summed E-state index contributed by atoms with van der Waals surface area (Å²) in [6.07, 6.45) is 6.99. The molecule has 1 saturated carbocycles. The molecule has 1 N–H and O–H groups in total. The average molecular weight is 268 g/mol. The van der Waals surface area contributed by atoms with Gasteiger partial charge in [-0.15, -0.1) is 0 Å². The lowest BCUT2D eigenvalue weighted by Gasteiger charge is -2.11. The summed E-state index contributed by atoms with van der Waals surface area (Å²) < 4.78 is 0. The Bertz CT molecular complexity index is 568. The van der Waals surface area contributed by atoms with Crippen molar-refractivity contribution in [3.8, 4) is 0 Å². The highest BCUT2D eigenvalue weighted by Crippen LogP contribution is 2.20. The van der Waals surface area contributed by atoms with Crippen LogP contribution in [0.25, 0.3) is 0 Å². The molecule has 0 aliphatic heterocycles. The van der Waals surface area contributed by atoms with Crippen LogP contribution in [0.15, 0.2) is 24.5 Å². The van der Waals surface area contributed by atoms with Crippen LogP contribution in [0.2, 0.25) is 0 Å². The second-order valence-corrected chi connectivity index (χ2v) is 5.48. The molecule has 0 radical (unpaired) electrons. The number of aromatic nitrogens is 3. The first-order valence-corrected chi connectivity index (χ1v) is 7.17. The standard InChI is InChI=1S/C16H20N4/c1-11-15(10-18-14-3-4-14)12(2)20-16(19-11)9-13-5-7-17-8-6-13/h5-8,14,18H,3-4,9-10H2,1-2H3. The van der Waals surface area contributed by atoms with E-state index in [9.17, 15) is 0 Å². The lowest BCUT2D eigenvalue weighted by molar-refractivity contribution is 0.672. The molecule has 2 heterocycles. The summed E-state index contributed by atoms with van der Waals surface area (Å²) in [6.45, 7) is 5.04. The van der Waals surface area contributed by atoms with E-state index in [1.54, 1.807) is 0 Å². The van der Waals surface area contributed by atoms with Crippen molar-refractivity contribution in [1.29, 1.82) is 0 Å². The van der Waals surface area contributed by atoms with Gasteiger partial charge in [0.2, 0.25) is 0 Å². The fraction of sp³-hybridized carbons (Fsp3) is 0.438. The van der Waals surface area contributed by atoms with Gasteiger partial charge in [0.05, 0.1) is 0 Å². The molecule has 0 amide bonds. The molecule has 1 fully saturated rings. The molecule has 0 aromatic carbocycles. The minimum Gasteiger partial charge on any atom is -0.310 e. The van der Waals surface area contributed by atoms with Crippen LogP contribution >= 0.6 is 0 Å². The second-order valence-electron chi connectivity index (χ2n) is 5.48. The van der Waals surface area contributed by atoms with Gasteiger partial charge in [-0.25, -0.2) is 9.97 Å². The molecule has 0 saturated heterocycles. The van der Waals surface area contributed by atoms with Gasteiger partial charge in [0.1, 0.15) is 5.82 Å². The predicted molar refractivity (Wildman–Crippen MR) is 78.4 cm³/mol. The summed E-state index contributed by atoms with van der Waals surface area (Å²) in [5, 5.41) is 3.54. The van der Waals surface area contributed by atoms with Gasteiger partial charge in [-0.3, -0.25) is 4.98 Å². The molecule has 0 atom stereocenters. The van der Waals surface area contributed by atoms with Crippen LogP contribution in [0.5, 0.6) is 0 Å². The first-order chi connectivity index (χ1) is 9.72. The molecule has 3 rings (SSSR count). The van der Waals surface area contributed by atoms with Gasteiger partial charge in [0.15, 0.2) is 0 Å². The Hall–Kier alpha value is -1.81. The monoisotopic (exact) mass is 268 g/mol. The lowest BCUT2D eigenvalue weighted by Crippen LogP contribution is -2.18. The first kappa shape index (κ1) is 13.2. The van der Waals surface area contributed by atoms with E-state index >= 15 is 0 Å². The van der Waals surface area contributed by atoms with Crippen molar-refractivity contribution in [3.63, 3.8) is 0 Å². The normalized spacial score (nSPS) is 14.5. The van der Waals surface area contributed by atoms with Crippen LogP contribution in [-0.4, -0.2) is 21.0 Å². The zero-order valence-corrected chi connectivity index (χ0v) is 12.1. The van der Waals surface area contributed by atoms with E-state index in [2.05, 4.69) is 34.1 Å². The second kappa shape index (κ2) is 5.67. The minimum atomic E-state index is 0.713. The topological polar surface area (TPSA) is 50.7 Å². The summed E-state index contributed by atoms with van der Waals surface area (Å²) in [5.41, 5.74) is 4.63. The van der Waals surface area contributed by atoms with Gasteiger partial charge in [0.25, 0.3) is 0 Å². The molecular formula is C16H20N4. The Morgan fingerprint density at radius 1 is 1.10 bits per heavy atom. The molecule has 0 bridgehead atoms. The predicted octanol–water partition coefficient (Wildman–Crippen LogP) is 2.33. The van der Waals surface area contributed by atoms with Gasteiger partial charge in [-0.2, -0.15) is 0 Å². The zero-order valence-electron chi connectivity index (χ0n) is 12.1.